The Morgan fingerprint density at radius 2 is 2.07 bits per heavy atom. The Kier molecular flexibility index (Phi) is 4.12. The minimum Gasteiger partial charge on any atom is -0.359 e. The van der Waals surface area contributed by atoms with Crippen molar-refractivity contribution in [3.63, 3.8) is 0 Å². The lowest BCUT2D eigenvalue weighted by Gasteiger charge is -2.32. The van der Waals surface area contributed by atoms with E-state index < -0.39 is 0 Å². The fourth-order valence-electron chi connectivity index (χ4n) is 1.96. The van der Waals surface area contributed by atoms with E-state index in [4.69, 9.17) is 0 Å². The second-order valence-corrected chi connectivity index (χ2v) is 4.39. The largest absolute Gasteiger partial charge is 0.359 e. The Morgan fingerprint density at radius 3 is 2.60 bits per heavy atom. The van der Waals surface area contributed by atoms with Gasteiger partial charge < -0.3 is 10.2 Å². The second kappa shape index (κ2) is 5.14. The number of nitrogens with zero attached hydrogens (tertiary/aromatic N) is 1. The van der Waals surface area contributed by atoms with Crippen LogP contribution in [0.25, 0.3) is 0 Å². The summed E-state index contributed by atoms with van der Waals surface area (Å²) in [5.74, 6) is 0.208. The van der Waals surface area contributed by atoms with Crippen LogP contribution in [0, 0.1) is 11.8 Å². The first kappa shape index (κ1) is 12.0. The van der Waals surface area contributed by atoms with Gasteiger partial charge in [-0.2, -0.15) is 0 Å². The smallest absolute Gasteiger partial charge is 0.225 e. The van der Waals surface area contributed by atoms with Crippen LogP contribution in [0.2, 0.25) is 0 Å². The molecule has 1 N–H and O–H groups in total. The molecule has 15 heavy (non-hydrogen) atoms. The Balaban J connectivity index is 2.56. The maximum Gasteiger partial charge on any atom is 0.225 e. The van der Waals surface area contributed by atoms with E-state index in [1.165, 1.54) is 0 Å². The minimum atomic E-state index is -0.0218. The third-order valence-electron chi connectivity index (χ3n) is 2.84. The summed E-state index contributed by atoms with van der Waals surface area (Å²) in [5.41, 5.74) is 0. The van der Waals surface area contributed by atoms with Crippen LogP contribution >= 0.6 is 0 Å². The van der Waals surface area contributed by atoms with Gasteiger partial charge in [-0.15, -0.1) is 0 Å². The lowest BCUT2D eigenvalue weighted by atomic mass is 9.96. The Bertz CT molecular complexity index is 251. The van der Waals surface area contributed by atoms with E-state index in [0.29, 0.717) is 6.54 Å². The molecule has 0 aromatic heterocycles. The zero-order chi connectivity index (χ0) is 11.4. The number of carbonyl (C=O) groups is 2. The molecule has 4 heteroatoms. The molecule has 0 aliphatic carbocycles. The van der Waals surface area contributed by atoms with Crippen molar-refractivity contribution in [2.24, 2.45) is 11.8 Å². The number of piperidine rings is 1. The Labute approximate surface area is 91.0 Å². The van der Waals surface area contributed by atoms with Crippen molar-refractivity contribution in [3.8, 4) is 0 Å². The van der Waals surface area contributed by atoms with E-state index in [-0.39, 0.29) is 23.7 Å². The average Bonchev–Trinajstić information content (AvgIpc) is 2.27. The summed E-state index contributed by atoms with van der Waals surface area (Å²) in [4.78, 5) is 25.0. The first-order chi connectivity index (χ1) is 7.06. The summed E-state index contributed by atoms with van der Waals surface area (Å²) >= 11 is 0. The normalized spacial score (nSPS) is 21.6. The van der Waals surface area contributed by atoms with Crippen LogP contribution in [-0.2, 0) is 9.59 Å². The van der Waals surface area contributed by atoms with Crippen molar-refractivity contribution in [1.29, 1.82) is 0 Å². The summed E-state index contributed by atoms with van der Waals surface area (Å²) in [7, 11) is 1.64. The lowest BCUT2D eigenvalue weighted by Crippen LogP contribution is -2.46. The van der Waals surface area contributed by atoms with Crippen molar-refractivity contribution in [2.45, 2.75) is 26.7 Å². The molecular weight excluding hydrogens is 192 g/mol. The summed E-state index contributed by atoms with van der Waals surface area (Å²) < 4.78 is 0. The van der Waals surface area contributed by atoms with Crippen molar-refractivity contribution in [3.05, 3.63) is 0 Å². The van der Waals surface area contributed by atoms with Crippen LogP contribution in [0.4, 0.5) is 0 Å². The van der Waals surface area contributed by atoms with Gasteiger partial charge in [0.25, 0.3) is 0 Å². The number of hydrogen-bond acceptors (Lipinski definition) is 2. The molecule has 1 aliphatic rings. The highest BCUT2D eigenvalue weighted by Crippen LogP contribution is 2.18. The van der Waals surface area contributed by atoms with Crippen LogP contribution in [-0.4, -0.2) is 36.9 Å². The van der Waals surface area contributed by atoms with Gasteiger partial charge in [0.1, 0.15) is 0 Å². The molecule has 1 saturated heterocycles. The molecule has 1 atom stereocenters. The summed E-state index contributed by atoms with van der Waals surface area (Å²) in [6.45, 7) is 5.17. The third kappa shape index (κ3) is 2.94. The number of carbonyl (C=O) groups excluding carboxylic acids is 2. The quantitative estimate of drug-likeness (QED) is 0.729. The molecule has 0 spiro atoms. The van der Waals surface area contributed by atoms with Crippen molar-refractivity contribution in [2.75, 3.05) is 20.1 Å². The molecule has 0 saturated carbocycles. The summed E-state index contributed by atoms with van der Waals surface area (Å²) in [5, 5.41) is 2.65. The molecule has 0 radical (unpaired) electrons. The van der Waals surface area contributed by atoms with E-state index in [2.05, 4.69) is 5.32 Å². The highest BCUT2D eigenvalue weighted by molar-refractivity contribution is 5.81. The van der Waals surface area contributed by atoms with E-state index >= 15 is 0 Å². The minimum absolute atomic E-state index is 0.0217. The molecule has 1 aliphatic heterocycles. The molecule has 1 fully saturated rings. The van der Waals surface area contributed by atoms with Gasteiger partial charge in [0.05, 0.1) is 5.92 Å². The van der Waals surface area contributed by atoms with E-state index in [9.17, 15) is 9.59 Å². The zero-order valence-electron chi connectivity index (χ0n) is 9.75. The van der Waals surface area contributed by atoms with Crippen molar-refractivity contribution >= 4 is 11.8 Å². The average molecular weight is 212 g/mol. The molecule has 1 heterocycles. The van der Waals surface area contributed by atoms with E-state index in [1.54, 1.807) is 7.05 Å². The highest BCUT2D eigenvalue weighted by atomic mass is 16.2. The Hall–Kier alpha value is -1.06. The van der Waals surface area contributed by atoms with Crippen LogP contribution in [0.15, 0.2) is 0 Å². The molecule has 1 rings (SSSR count). The van der Waals surface area contributed by atoms with E-state index in [0.717, 1.165) is 19.4 Å². The van der Waals surface area contributed by atoms with Gasteiger partial charge in [-0.05, 0) is 12.8 Å². The van der Waals surface area contributed by atoms with Gasteiger partial charge in [-0.3, -0.25) is 9.59 Å². The van der Waals surface area contributed by atoms with Crippen LogP contribution in [0.1, 0.15) is 26.7 Å². The topological polar surface area (TPSA) is 49.4 Å². The van der Waals surface area contributed by atoms with Gasteiger partial charge in [0.2, 0.25) is 11.8 Å². The van der Waals surface area contributed by atoms with Gasteiger partial charge in [-0.1, -0.05) is 13.8 Å². The van der Waals surface area contributed by atoms with Gasteiger partial charge in [-0.25, -0.2) is 0 Å². The molecular formula is C11H20N2O2. The summed E-state index contributed by atoms with van der Waals surface area (Å²) in [6.07, 6.45) is 1.82. The summed E-state index contributed by atoms with van der Waals surface area (Å²) in [6, 6.07) is 0. The number of likely N-dealkylation sites (tertiary alicyclic amines) is 1. The molecule has 2 amide bonds. The van der Waals surface area contributed by atoms with Gasteiger partial charge >= 0.3 is 0 Å². The fraction of sp³-hybridized carbons (Fsp3) is 0.818. The highest BCUT2D eigenvalue weighted by Gasteiger charge is 2.28. The van der Waals surface area contributed by atoms with Gasteiger partial charge in [0.15, 0.2) is 0 Å². The maximum atomic E-state index is 11.7. The number of amides is 2. The van der Waals surface area contributed by atoms with Crippen LogP contribution < -0.4 is 5.32 Å². The molecule has 0 aromatic rings. The SMILES string of the molecule is CNC(=O)[C@H]1CCCN(C(=O)C(C)C)C1. The lowest BCUT2D eigenvalue weighted by molar-refractivity contribution is -0.138. The number of rotatable bonds is 2. The first-order valence-corrected chi connectivity index (χ1v) is 5.56. The van der Waals surface area contributed by atoms with Crippen molar-refractivity contribution in [1.82, 2.24) is 10.2 Å². The molecule has 0 aromatic carbocycles. The number of hydrogen-bond donors (Lipinski definition) is 1. The maximum absolute atomic E-state index is 11.7. The first-order valence-electron chi connectivity index (χ1n) is 5.56. The van der Waals surface area contributed by atoms with Crippen molar-refractivity contribution < 1.29 is 9.59 Å². The second-order valence-electron chi connectivity index (χ2n) is 4.39. The zero-order valence-corrected chi connectivity index (χ0v) is 9.75. The predicted molar refractivity (Wildman–Crippen MR) is 58.2 cm³/mol. The third-order valence-corrected chi connectivity index (χ3v) is 2.84. The Morgan fingerprint density at radius 1 is 1.40 bits per heavy atom. The number of nitrogens with one attached hydrogen (secondary N) is 1. The molecule has 86 valence electrons. The predicted octanol–water partition coefficient (Wildman–Crippen LogP) is 0.627. The molecule has 0 unspecified atom stereocenters. The van der Waals surface area contributed by atoms with Crippen LogP contribution in [0.3, 0.4) is 0 Å². The van der Waals surface area contributed by atoms with Gasteiger partial charge in [0, 0.05) is 26.1 Å². The standard InChI is InChI=1S/C11H20N2O2/c1-8(2)11(15)13-6-4-5-9(7-13)10(14)12-3/h8-9H,4-7H2,1-3H3,(H,12,14)/t9-/m0/s1. The monoisotopic (exact) mass is 212 g/mol. The van der Waals surface area contributed by atoms with E-state index in [1.807, 2.05) is 18.7 Å². The molecule has 0 bridgehead atoms. The molecule has 4 nitrogen and oxygen atoms in total. The van der Waals surface area contributed by atoms with Crippen LogP contribution in [0.5, 0.6) is 0 Å². The fourth-order valence-corrected chi connectivity index (χ4v) is 1.96.